The highest BCUT2D eigenvalue weighted by molar-refractivity contribution is 14.1. The van der Waals surface area contributed by atoms with E-state index in [-0.39, 0.29) is 10.2 Å². The second-order valence-corrected chi connectivity index (χ2v) is 4.20. The van der Waals surface area contributed by atoms with Gasteiger partial charge in [-0.1, -0.05) is 0 Å². The van der Waals surface area contributed by atoms with Gasteiger partial charge in [0.1, 0.15) is 5.75 Å². The molecule has 0 atom stereocenters. The van der Waals surface area contributed by atoms with Crippen LogP contribution in [0.2, 0.25) is 0 Å². The third-order valence-electron chi connectivity index (χ3n) is 1.30. The van der Waals surface area contributed by atoms with E-state index in [0.717, 1.165) is 6.07 Å². The van der Waals surface area contributed by atoms with Gasteiger partial charge >= 0.3 is 6.36 Å². The van der Waals surface area contributed by atoms with Crippen molar-refractivity contribution < 1.29 is 17.9 Å². The predicted octanol–water partition coefficient (Wildman–Crippen LogP) is 3.53. The van der Waals surface area contributed by atoms with Gasteiger partial charge in [0.05, 0.1) is 8.04 Å². The summed E-state index contributed by atoms with van der Waals surface area (Å²) >= 11 is 4.80. The summed E-state index contributed by atoms with van der Waals surface area (Å²) in [6.45, 7) is 0. The highest BCUT2D eigenvalue weighted by atomic mass is 127. The highest BCUT2D eigenvalue weighted by Crippen LogP contribution is 2.36. The van der Waals surface area contributed by atoms with Crippen molar-refractivity contribution in [1.82, 2.24) is 0 Å². The van der Waals surface area contributed by atoms with Crippen LogP contribution in [0.4, 0.5) is 18.9 Å². The molecule has 78 valence electrons. The summed E-state index contributed by atoms with van der Waals surface area (Å²) in [6.07, 6.45) is -4.69. The van der Waals surface area contributed by atoms with Crippen LogP contribution in [0.1, 0.15) is 0 Å². The van der Waals surface area contributed by atoms with Gasteiger partial charge in [0.2, 0.25) is 0 Å². The first kappa shape index (κ1) is 11.9. The molecule has 0 fully saturated rings. The molecule has 0 radical (unpaired) electrons. The molecule has 0 aliphatic carbocycles. The van der Waals surface area contributed by atoms with Crippen molar-refractivity contribution in [3.05, 3.63) is 20.2 Å². The Morgan fingerprint density at radius 1 is 1.36 bits per heavy atom. The summed E-state index contributed by atoms with van der Waals surface area (Å²) in [5, 5.41) is 0. The van der Waals surface area contributed by atoms with Gasteiger partial charge in [-0.05, 0) is 50.7 Å². The van der Waals surface area contributed by atoms with E-state index in [1.807, 2.05) is 22.6 Å². The molecule has 7 heteroatoms. The standard InChI is InChI=1S/C7H4BrF3INO/c8-5-4(14-7(9,10)11)2-1-3(13)6(5)12/h1-2H,13H2. The smallest absolute Gasteiger partial charge is 0.405 e. The SMILES string of the molecule is Nc1ccc(OC(F)(F)F)c(Br)c1I. The van der Waals surface area contributed by atoms with Crippen LogP contribution < -0.4 is 10.5 Å². The number of nitrogens with two attached hydrogens (primary N) is 1. The number of benzene rings is 1. The van der Waals surface area contributed by atoms with Gasteiger partial charge in [0.25, 0.3) is 0 Å². The Balaban J connectivity index is 3.06. The molecule has 0 spiro atoms. The molecule has 1 aromatic carbocycles. The van der Waals surface area contributed by atoms with Crippen LogP contribution in [0, 0.1) is 3.57 Å². The monoisotopic (exact) mass is 381 g/mol. The molecular formula is C7H4BrF3INO. The lowest BCUT2D eigenvalue weighted by Crippen LogP contribution is -2.17. The molecule has 14 heavy (non-hydrogen) atoms. The van der Waals surface area contributed by atoms with Crippen LogP contribution in [0.5, 0.6) is 5.75 Å². The van der Waals surface area contributed by atoms with Crippen molar-refractivity contribution in [2.24, 2.45) is 0 Å². The van der Waals surface area contributed by atoms with E-state index in [2.05, 4.69) is 20.7 Å². The Bertz CT molecular complexity index is 356. The normalized spacial score (nSPS) is 11.5. The van der Waals surface area contributed by atoms with Crippen molar-refractivity contribution in [1.29, 1.82) is 0 Å². The van der Waals surface area contributed by atoms with E-state index >= 15 is 0 Å². The number of anilines is 1. The second-order valence-electron chi connectivity index (χ2n) is 2.33. The van der Waals surface area contributed by atoms with Gasteiger partial charge in [0, 0.05) is 5.69 Å². The van der Waals surface area contributed by atoms with Crippen LogP contribution in [0.3, 0.4) is 0 Å². The van der Waals surface area contributed by atoms with Crippen LogP contribution >= 0.6 is 38.5 Å². The first-order valence-corrected chi connectivity index (χ1v) is 5.17. The van der Waals surface area contributed by atoms with Crippen molar-refractivity contribution in [2.45, 2.75) is 6.36 Å². The second kappa shape index (κ2) is 4.13. The van der Waals surface area contributed by atoms with Gasteiger partial charge in [-0.3, -0.25) is 0 Å². The fourth-order valence-electron chi connectivity index (χ4n) is 0.750. The van der Waals surface area contributed by atoms with E-state index in [1.165, 1.54) is 6.07 Å². The Morgan fingerprint density at radius 2 is 1.93 bits per heavy atom. The van der Waals surface area contributed by atoms with Gasteiger partial charge in [-0.2, -0.15) is 0 Å². The molecule has 0 saturated carbocycles. The molecule has 1 aromatic rings. The van der Waals surface area contributed by atoms with Gasteiger partial charge in [-0.15, -0.1) is 13.2 Å². The molecule has 2 N–H and O–H groups in total. The Hall–Kier alpha value is -0.180. The zero-order chi connectivity index (χ0) is 10.9. The Labute approximate surface area is 99.9 Å². The zero-order valence-electron chi connectivity index (χ0n) is 6.53. The van der Waals surface area contributed by atoms with E-state index in [0.29, 0.717) is 9.26 Å². The van der Waals surface area contributed by atoms with E-state index in [1.54, 1.807) is 0 Å². The number of rotatable bonds is 1. The average Bonchev–Trinajstić information content (AvgIpc) is 2.04. The third-order valence-corrected chi connectivity index (χ3v) is 3.99. The minimum absolute atomic E-state index is 0.204. The maximum absolute atomic E-state index is 11.9. The fraction of sp³-hybridized carbons (Fsp3) is 0.143. The minimum Gasteiger partial charge on any atom is -0.405 e. The Kier molecular flexibility index (Phi) is 3.51. The maximum Gasteiger partial charge on any atom is 0.573 e. The first-order valence-electron chi connectivity index (χ1n) is 3.30. The fourth-order valence-corrected chi connectivity index (χ4v) is 1.64. The van der Waals surface area contributed by atoms with Crippen LogP contribution in [-0.2, 0) is 0 Å². The molecule has 1 rings (SSSR count). The Morgan fingerprint density at radius 3 is 2.43 bits per heavy atom. The summed E-state index contributed by atoms with van der Waals surface area (Å²) in [5.41, 5.74) is 5.87. The number of nitrogen functional groups attached to an aromatic ring is 1. The van der Waals surface area contributed by atoms with Crippen molar-refractivity contribution in [3.63, 3.8) is 0 Å². The molecule has 0 aliphatic heterocycles. The average molecular weight is 382 g/mol. The van der Waals surface area contributed by atoms with Crippen molar-refractivity contribution in [2.75, 3.05) is 5.73 Å². The summed E-state index contributed by atoms with van der Waals surface area (Å²) in [7, 11) is 0. The maximum atomic E-state index is 11.9. The molecule has 0 unspecified atom stereocenters. The molecule has 0 amide bonds. The third kappa shape index (κ3) is 2.91. The predicted molar refractivity (Wildman–Crippen MR) is 58.0 cm³/mol. The summed E-state index contributed by atoms with van der Waals surface area (Å²) < 4.78 is 40.1. The minimum atomic E-state index is -4.69. The highest BCUT2D eigenvalue weighted by Gasteiger charge is 2.32. The van der Waals surface area contributed by atoms with Gasteiger partial charge in [-0.25, -0.2) is 0 Å². The van der Waals surface area contributed by atoms with Gasteiger partial charge < -0.3 is 10.5 Å². The zero-order valence-corrected chi connectivity index (χ0v) is 10.3. The topological polar surface area (TPSA) is 35.2 Å². The largest absolute Gasteiger partial charge is 0.573 e. The van der Waals surface area contributed by atoms with Gasteiger partial charge in [0.15, 0.2) is 0 Å². The first-order chi connectivity index (χ1) is 6.31. The summed E-state index contributed by atoms with van der Waals surface area (Å²) in [4.78, 5) is 0. The van der Waals surface area contributed by atoms with E-state index in [4.69, 9.17) is 5.73 Å². The molecule has 0 heterocycles. The molecule has 0 aromatic heterocycles. The van der Waals surface area contributed by atoms with Crippen LogP contribution in [0.15, 0.2) is 16.6 Å². The summed E-state index contributed by atoms with van der Waals surface area (Å²) in [5.74, 6) is -0.295. The number of halogens is 5. The summed E-state index contributed by atoms with van der Waals surface area (Å²) in [6, 6.07) is 2.52. The van der Waals surface area contributed by atoms with Crippen LogP contribution in [-0.4, -0.2) is 6.36 Å². The van der Waals surface area contributed by atoms with Crippen molar-refractivity contribution >= 4 is 44.2 Å². The van der Waals surface area contributed by atoms with Crippen LogP contribution in [0.25, 0.3) is 0 Å². The number of ether oxygens (including phenoxy) is 1. The lowest BCUT2D eigenvalue weighted by atomic mass is 10.3. The lowest BCUT2D eigenvalue weighted by molar-refractivity contribution is -0.274. The van der Waals surface area contributed by atoms with E-state index < -0.39 is 6.36 Å². The molecule has 0 aliphatic rings. The van der Waals surface area contributed by atoms with E-state index in [9.17, 15) is 13.2 Å². The molecule has 0 bridgehead atoms. The molecular weight excluding hydrogens is 378 g/mol. The number of hydrogen-bond acceptors (Lipinski definition) is 2. The molecule has 2 nitrogen and oxygen atoms in total. The van der Waals surface area contributed by atoms with Crippen molar-refractivity contribution in [3.8, 4) is 5.75 Å². The number of alkyl halides is 3. The quantitative estimate of drug-likeness (QED) is 0.596. The number of hydrogen-bond donors (Lipinski definition) is 1. The lowest BCUT2D eigenvalue weighted by Gasteiger charge is -2.12. The molecule has 0 saturated heterocycles.